The number of nitrogens with one attached hydrogen (secondary N) is 2. The zero-order chi connectivity index (χ0) is 20.9. The van der Waals surface area contributed by atoms with Gasteiger partial charge in [0.15, 0.2) is 0 Å². The minimum atomic E-state index is -0.345. The van der Waals surface area contributed by atoms with Gasteiger partial charge in [-0.25, -0.2) is 9.97 Å². The van der Waals surface area contributed by atoms with E-state index >= 15 is 0 Å². The van der Waals surface area contributed by atoms with E-state index in [4.69, 9.17) is 4.74 Å². The first-order chi connectivity index (χ1) is 14.6. The van der Waals surface area contributed by atoms with Crippen molar-refractivity contribution in [1.82, 2.24) is 15.0 Å². The second-order valence-corrected chi connectivity index (χ2v) is 6.94. The number of carbonyl (C=O) groups excluding carboxylic acids is 1. The number of hydrogen-bond donors (Lipinski definition) is 2. The maximum atomic E-state index is 12.6. The predicted molar refractivity (Wildman–Crippen MR) is 117 cm³/mol. The summed E-state index contributed by atoms with van der Waals surface area (Å²) in [5, 5.41) is 6.96. The third-order valence-corrected chi connectivity index (χ3v) is 4.26. The van der Waals surface area contributed by atoms with Gasteiger partial charge in [0.25, 0.3) is 5.91 Å². The smallest absolute Gasteiger partial charge is 0.275 e. The largest absolute Gasteiger partial charge is 0.491 e. The van der Waals surface area contributed by atoms with Crippen molar-refractivity contribution in [3.63, 3.8) is 0 Å². The summed E-state index contributed by atoms with van der Waals surface area (Å²) >= 11 is 0. The molecule has 0 unspecified atom stereocenters. The monoisotopic (exact) mass is 399 g/mol. The highest BCUT2D eigenvalue weighted by Crippen LogP contribution is 2.22. The minimum Gasteiger partial charge on any atom is -0.491 e. The van der Waals surface area contributed by atoms with Crippen LogP contribution in [0.3, 0.4) is 0 Å². The fraction of sp³-hybridized carbons (Fsp3) is 0.130. The van der Waals surface area contributed by atoms with Crippen LogP contribution in [0.5, 0.6) is 5.75 Å². The number of amides is 1. The summed E-state index contributed by atoms with van der Waals surface area (Å²) in [5.41, 5.74) is 2.42. The van der Waals surface area contributed by atoms with E-state index in [2.05, 4.69) is 25.6 Å². The number of rotatable bonds is 6. The Labute approximate surface area is 174 Å². The molecule has 0 bridgehead atoms. The topological polar surface area (TPSA) is 89.0 Å². The molecule has 4 rings (SSSR count). The predicted octanol–water partition coefficient (Wildman–Crippen LogP) is 4.81. The lowest BCUT2D eigenvalue weighted by atomic mass is 10.2. The molecule has 1 amide bonds. The number of fused-ring (bicyclic) bond motifs is 1. The van der Waals surface area contributed by atoms with Crippen molar-refractivity contribution in [2.75, 3.05) is 10.6 Å². The van der Waals surface area contributed by atoms with E-state index in [1.54, 1.807) is 6.20 Å². The van der Waals surface area contributed by atoms with Gasteiger partial charge in [0.05, 0.1) is 29.7 Å². The summed E-state index contributed by atoms with van der Waals surface area (Å²) in [6.07, 6.45) is 4.78. The van der Waals surface area contributed by atoms with Gasteiger partial charge >= 0.3 is 0 Å². The van der Waals surface area contributed by atoms with Crippen LogP contribution in [0.25, 0.3) is 10.9 Å². The first kappa shape index (κ1) is 19.3. The van der Waals surface area contributed by atoms with E-state index in [9.17, 15) is 4.79 Å². The minimum absolute atomic E-state index is 0.123. The quantitative estimate of drug-likeness (QED) is 0.484. The molecule has 4 aromatic rings. The van der Waals surface area contributed by atoms with Crippen LogP contribution in [0.2, 0.25) is 0 Å². The lowest BCUT2D eigenvalue weighted by Crippen LogP contribution is -2.14. The normalized spacial score (nSPS) is 10.8. The lowest BCUT2D eigenvalue weighted by Gasteiger charge is -2.11. The van der Waals surface area contributed by atoms with Crippen molar-refractivity contribution in [2.45, 2.75) is 20.0 Å². The standard InChI is InChI=1S/C23H21N5O2/c1-15(2)30-18-10-8-17(9-11-18)27-21-14-25-20(13-26-21)23(29)28-19-7-3-5-16-6-4-12-24-22(16)19/h3-15H,1-2H3,(H,26,27)(H,28,29). The van der Waals surface area contributed by atoms with Gasteiger partial charge in [-0.1, -0.05) is 18.2 Å². The summed E-state index contributed by atoms with van der Waals surface area (Å²) in [4.78, 5) is 25.4. The molecule has 7 nitrogen and oxygen atoms in total. The molecule has 0 fully saturated rings. The van der Waals surface area contributed by atoms with Gasteiger partial charge in [-0.05, 0) is 50.2 Å². The van der Waals surface area contributed by atoms with Crippen LogP contribution in [-0.2, 0) is 0 Å². The molecule has 0 saturated carbocycles. The molecule has 0 radical (unpaired) electrons. The van der Waals surface area contributed by atoms with E-state index in [1.807, 2.05) is 68.4 Å². The molecule has 0 aliphatic rings. The average Bonchev–Trinajstić information content (AvgIpc) is 2.75. The number of pyridine rings is 1. The number of anilines is 3. The molecule has 2 N–H and O–H groups in total. The molecule has 30 heavy (non-hydrogen) atoms. The van der Waals surface area contributed by atoms with Gasteiger partial charge in [0.2, 0.25) is 0 Å². The Morgan fingerprint density at radius 2 is 1.73 bits per heavy atom. The summed E-state index contributed by atoms with van der Waals surface area (Å²) in [6, 6.07) is 17.0. The number of hydrogen-bond acceptors (Lipinski definition) is 6. The van der Waals surface area contributed by atoms with Crippen LogP contribution in [0.15, 0.2) is 73.2 Å². The van der Waals surface area contributed by atoms with Crippen LogP contribution in [-0.4, -0.2) is 27.0 Å². The number of benzene rings is 2. The zero-order valence-corrected chi connectivity index (χ0v) is 16.7. The molecule has 2 heterocycles. The highest BCUT2D eigenvalue weighted by atomic mass is 16.5. The zero-order valence-electron chi connectivity index (χ0n) is 16.7. The molecule has 0 spiro atoms. The summed E-state index contributed by atoms with van der Waals surface area (Å²) in [5.74, 6) is 0.995. The SMILES string of the molecule is CC(C)Oc1ccc(Nc2cnc(C(=O)Nc3cccc4cccnc34)cn2)cc1. The molecule has 0 saturated heterocycles. The maximum absolute atomic E-state index is 12.6. The fourth-order valence-electron chi connectivity index (χ4n) is 2.94. The first-order valence-electron chi connectivity index (χ1n) is 9.59. The van der Waals surface area contributed by atoms with Crippen LogP contribution in [0, 0.1) is 0 Å². The van der Waals surface area contributed by atoms with Crippen LogP contribution in [0.1, 0.15) is 24.3 Å². The van der Waals surface area contributed by atoms with Gasteiger partial charge in [-0.2, -0.15) is 0 Å². The Balaban J connectivity index is 1.43. The first-order valence-corrected chi connectivity index (χ1v) is 9.59. The van der Waals surface area contributed by atoms with E-state index in [1.165, 1.54) is 12.4 Å². The second-order valence-electron chi connectivity index (χ2n) is 6.94. The molecule has 2 aromatic carbocycles. The second kappa shape index (κ2) is 8.57. The fourth-order valence-corrected chi connectivity index (χ4v) is 2.94. The van der Waals surface area contributed by atoms with Crippen molar-refractivity contribution in [3.05, 3.63) is 78.9 Å². The third kappa shape index (κ3) is 4.52. The number of carbonyl (C=O) groups is 1. The molecule has 150 valence electrons. The van der Waals surface area contributed by atoms with Crippen LogP contribution < -0.4 is 15.4 Å². The number of ether oxygens (including phenoxy) is 1. The Bertz CT molecular complexity index is 1150. The Morgan fingerprint density at radius 1 is 0.933 bits per heavy atom. The highest BCUT2D eigenvalue weighted by molar-refractivity contribution is 6.07. The molecule has 0 aliphatic carbocycles. The third-order valence-electron chi connectivity index (χ3n) is 4.26. The number of aromatic nitrogens is 3. The van der Waals surface area contributed by atoms with Crippen molar-refractivity contribution in [1.29, 1.82) is 0 Å². The number of para-hydroxylation sites is 1. The van der Waals surface area contributed by atoms with Gasteiger partial charge in [0.1, 0.15) is 17.3 Å². The van der Waals surface area contributed by atoms with E-state index < -0.39 is 0 Å². The van der Waals surface area contributed by atoms with Crippen molar-refractivity contribution in [2.24, 2.45) is 0 Å². The van der Waals surface area contributed by atoms with Crippen molar-refractivity contribution < 1.29 is 9.53 Å². The van der Waals surface area contributed by atoms with Gasteiger partial charge < -0.3 is 15.4 Å². The van der Waals surface area contributed by atoms with Crippen LogP contribution >= 0.6 is 0 Å². The average molecular weight is 399 g/mol. The van der Waals surface area contributed by atoms with Crippen molar-refractivity contribution in [3.8, 4) is 5.75 Å². The lowest BCUT2D eigenvalue weighted by molar-refractivity contribution is 0.102. The number of nitrogens with zero attached hydrogens (tertiary/aromatic N) is 3. The summed E-state index contributed by atoms with van der Waals surface area (Å²) in [6.45, 7) is 3.96. The van der Waals surface area contributed by atoms with Gasteiger partial charge in [-0.3, -0.25) is 9.78 Å². The van der Waals surface area contributed by atoms with E-state index in [0.717, 1.165) is 22.3 Å². The summed E-state index contributed by atoms with van der Waals surface area (Å²) < 4.78 is 5.63. The molecular weight excluding hydrogens is 378 g/mol. The molecular formula is C23H21N5O2. The molecule has 0 atom stereocenters. The van der Waals surface area contributed by atoms with Gasteiger partial charge in [-0.15, -0.1) is 0 Å². The van der Waals surface area contributed by atoms with Gasteiger partial charge in [0, 0.05) is 17.3 Å². The molecule has 2 aromatic heterocycles. The van der Waals surface area contributed by atoms with Crippen molar-refractivity contribution >= 4 is 34.0 Å². The summed E-state index contributed by atoms with van der Waals surface area (Å²) in [7, 11) is 0. The molecule has 7 heteroatoms. The van der Waals surface area contributed by atoms with Crippen LogP contribution in [0.4, 0.5) is 17.2 Å². The Hall–Kier alpha value is -4.00. The van der Waals surface area contributed by atoms with E-state index in [-0.39, 0.29) is 17.7 Å². The Kier molecular flexibility index (Phi) is 5.52. The maximum Gasteiger partial charge on any atom is 0.275 e. The van der Waals surface area contributed by atoms with E-state index in [0.29, 0.717) is 11.5 Å². The Morgan fingerprint density at radius 3 is 2.47 bits per heavy atom. The molecule has 0 aliphatic heterocycles. The highest BCUT2D eigenvalue weighted by Gasteiger charge is 2.11.